The third-order valence-corrected chi connectivity index (χ3v) is 17.9. The first kappa shape index (κ1) is 68.6. The number of pyridine rings is 3. The number of nitrogens with zero attached hydrogens (tertiary/aromatic N) is 13. The monoisotopic (exact) mass is 1350 g/mol. The number of aryl methyl sites for hydroxylation is 5. The quantitative estimate of drug-likeness (QED) is 0.0682. The van der Waals surface area contributed by atoms with Crippen LogP contribution in [0.4, 0.5) is 38.5 Å². The zero-order chi connectivity index (χ0) is 70.5. The molecule has 0 atom stereocenters. The lowest BCUT2D eigenvalue weighted by Crippen LogP contribution is -2.49. The normalized spacial score (nSPS) is 14.1. The summed E-state index contributed by atoms with van der Waals surface area (Å²) >= 11 is 0. The Kier molecular flexibility index (Phi) is 20.3. The van der Waals surface area contributed by atoms with E-state index in [1.165, 1.54) is 51.7 Å². The molecule has 29 heteroatoms. The van der Waals surface area contributed by atoms with E-state index in [0.29, 0.717) is 141 Å². The molecule has 3 aliphatic heterocycles. The Labute approximate surface area is 564 Å². The lowest BCUT2D eigenvalue weighted by molar-refractivity contribution is -0.385. The number of amides is 3. The Morgan fingerprint density at radius 3 is 1.17 bits per heavy atom. The SMILES string of the molecule is Cc1ccc2c(c1)c(N1CCN(C(=O)c3ccco3)CC1)c([N+](=O)[O-])c(=O)n2C.Cc1ccc2c(c1)c(N1CCN(C(=O)c3ccco3)CC1)c([N+](=O)[O-])c(=O)n2CCCN(C)C.Cc1ccc2c(c1)c(N1CCN(C(=O)c3ccco3)CC1)c([N+](=O)[O-])c(=O)n2Cc1ccc(F)cc1. The fourth-order valence-electron chi connectivity index (χ4n) is 12.9. The molecule has 4 aromatic carbocycles. The summed E-state index contributed by atoms with van der Waals surface area (Å²) in [7, 11) is 5.44. The maximum absolute atomic E-state index is 13.5. The van der Waals surface area contributed by atoms with Gasteiger partial charge in [0.2, 0.25) is 0 Å². The minimum atomic E-state index is -0.732. The average molecular weight is 1350 g/mol. The van der Waals surface area contributed by atoms with Gasteiger partial charge in [0.05, 0.1) is 56.7 Å². The number of piperazine rings is 3. The molecule has 0 spiro atoms. The van der Waals surface area contributed by atoms with Crippen LogP contribution < -0.4 is 31.4 Å². The molecule has 6 aromatic heterocycles. The van der Waals surface area contributed by atoms with Crippen molar-refractivity contribution in [3.8, 4) is 0 Å². The fourth-order valence-corrected chi connectivity index (χ4v) is 12.9. The van der Waals surface area contributed by atoms with Crippen LogP contribution in [0.3, 0.4) is 0 Å². The summed E-state index contributed by atoms with van der Waals surface area (Å²) in [4.78, 5) is 124. The molecule has 10 aromatic rings. The van der Waals surface area contributed by atoms with Gasteiger partial charge < -0.3 is 56.7 Å². The second-order valence-electron chi connectivity index (χ2n) is 24.7. The molecule has 3 saturated heterocycles. The summed E-state index contributed by atoms with van der Waals surface area (Å²) < 4.78 is 33.2. The number of anilines is 3. The molecule has 0 unspecified atom stereocenters. The number of benzene rings is 4. The summed E-state index contributed by atoms with van der Waals surface area (Å²) in [5.74, 6) is -0.314. The van der Waals surface area contributed by atoms with E-state index in [9.17, 15) is 63.5 Å². The molecule has 9 heterocycles. The standard InChI is InChI=1S/C26H23FN4O5.C24H29N5O5.C20H20N4O5/c1-17-4-9-21-20(15-17)23(28-10-12-29(13-11-28)25(32)22-3-2-14-36-22)24(31(34)35)26(33)30(21)16-18-5-7-19(27)8-6-18;1-17-7-8-19-18(16-17)21(22(29(32)33)24(31)28(19)10-5-9-25(2)3)26-11-13-27(14-12-26)23(30)20-6-4-15-34-20;1-13-5-6-15-14(12-13)17(18(24(27)28)20(26)21(15)2)22-7-9-23(10-8-22)19(25)16-4-3-11-29-16/h2-9,14-15H,10-13,16H2,1H3;4,6-8,15-16H,5,9-14H2,1-3H3;3-6,11-12H,7-10H2,1-2H3. The van der Waals surface area contributed by atoms with Crippen LogP contribution in [0.25, 0.3) is 32.7 Å². The van der Waals surface area contributed by atoms with Crippen molar-refractivity contribution in [1.82, 2.24) is 33.3 Å². The lowest BCUT2D eigenvalue weighted by Gasteiger charge is -2.36. The van der Waals surface area contributed by atoms with Gasteiger partial charge in [-0.25, -0.2) is 4.39 Å². The summed E-state index contributed by atoms with van der Waals surface area (Å²) in [6.07, 6.45) is 5.03. The first-order chi connectivity index (χ1) is 47.5. The maximum Gasteiger partial charge on any atom is 0.357 e. The van der Waals surface area contributed by atoms with E-state index in [2.05, 4.69) is 0 Å². The third kappa shape index (κ3) is 14.4. The molecule has 514 valence electrons. The summed E-state index contributed by atoms with van der Waals surface area (Å²) in [6, 6.07) is 32.1. The molecule has 3 fully saturated rings. The van der Waals surface area contributed by atoms with Gasteiger partial charge in [0.25, 0.3) is 17.7 Å². The fraction of sp³-hybridized carbons (Fsp3) is 0.314. The largest absolute Gasteiger partial charge is 0.459 e. The van der Waals surface area contributed by atoms with Crippen molar-refractivity contribution < 1.29 is 46.8 Å². The number of carbonyl (C=O) groups excluding carboxylic acids is 3. The second kappa shape index (κ2) is 29.3. The van der Waals surface area contributed by atoms with E-state index in [0.717, 1.165) is 23.2 Å². The van der Waals surface area contributed by atoms with Crippen molar-refractivity contribution in [2.24, 2.45) is 7.05 Å². The van der Waals surface area contributed by atoms with Crippen LogP contribution in [0.15, 0.2) is 162 Å². The molecule has 0 saturated carbocycles. The van der Waals surface area contributed by atoms with Gasteiger partial charge in [-0.15, -0.1) is 0 Å². The van der Waals surface area contributed by atoms with Gasteiger partial charge in [0, 0.05) is 108 Å². The molecule has 0 radical (unpaired) electrons. The van der Waals surface area contributed by atoms with Gasteiger partial charge >= 0.3 is 33.7 Å². The van der Waals surface area contributed by atoms with E-state index in [1.54, 1.807) is 80.3 Å². The minimum Gasteiger partial charge on any atom is -0.459 e. The van der Waals surface area contributed by atoms with Crippen LogP contribution in [0.2, 0.25) is 0 Å². The predicted molar refractivity (Wildman–Crippen MR) is 369 cm³/mol. The first-order valence-electron chi connectivity index (χ1n) is 32.0. The number of halogens is 1. The molecule has 3 aliphatic rings. The zero-order valence-electron chi connectivity index (χ0n) is 55.3. The van der Waals surface area contributed by atoms with Crippen LogP contribution in [-0.2, 0) is 20.1 Å². The highest BCUT2D eigenvalue weighted by Gasteiger charge is 2.37. The summed E-state index contributed by atoms with van der Waals surface area (Å²) in [5, 5.41) is 38.1. The molecule has 28 nitrogen and oxygen atoms in total. The van der Waals surface area contributed by atoms with Gasteiger partial charge in [-0.05, 0) is 138 Å². The van der Waals surface area contributed by atoms with Crippen LogP contribution in [-0.4, -0.2) is 165 Å². The van der Waals surface area contributed by atoms with Gasteiger partial charge in [-0.1, -0.05) is 47.0 Å². The number of nitro groups is 3. The molecule has 13 rings (SSSR count). The van der Waals surface area contributed by atoms with E-state index in [1.807, 2.05) is 92.0 Å². The zero-order valence-corrected chi connectivity index (χ0v) is 55.3. The molecular formula is C70H72FN13O15. The van der Waals surface area contributed by atoms with Crippen molar-refractivity contribution in [3.05, 3.63) is 241 Å². The van der Waals surface area contributed by atoms with Crippen molar-refractivity contribution in [2.45, 2.75) is 40.3 Å². The number of hydrogen-bond acceptors (Lipinski definition) is 19. The number of carbonyl (C=O) groups is 3. The highest BCUT2D eigenvalue weighted by atomic mass is 19.1. The van der Waals surface area contributed by atoms with Gasteiger partial charge in [0.15, 0.2) is 17.3 Å². The second-order valence-corrected chi connectivity index (χ2v) is 24.7. The van der Waals surface area contributed by atoms with Crippen LogP contribution >= 0.6 is 0 Å². The van der Waals surface area contributed by atoms with Crippen LogP contribution in [0.5, 0.6) is 0 Å². The predicted octanol–water partition coefficient (Wildman–Crippen LogP) is 9.00. The number of rotatable bonds is 15. The molecule has 0 bridgehead atoms. The summed E-state index contributed by atoms with van der Waals surface area (Å²) in [6.45, 7) is 11.2. The third-order valence-electron chi connectivity index (χ3n) is 17.9. The van der Waals surface area contributed by atoms with Crippen molar-refractivity contribution in [3.63, 3.8) is 0 Å². The van der Waals surface area contributed by atoms with Crippen molar-refractivity contribution >= 4 is 84.6 Å². The molecule has 99 heavy (non-hydrogen) atoms. The van der Waals surface area contributed by atoms with Gasteiger partial charge in [-0.2, -0.15) is 0 Å². The Bertz CT molecular complexity index is 4890. The number of fused-ring (bicyclic) bond motifs is 3. The van der Waals surface area contributed by atoms with Gasteiger partial charge in [0.1, 0.15) is 22.9 Å². The minimum absolute atomic E-state index is 0.0607. The van der Waals surface area contributed by atoms with E-state index < -0.39 is 54.3 Å². The van der Waals surface area contributed by atoms with E-state index in [-0.39, 0.29) is 47.2 Å². The Morgan fingerprint density at radius 2 is 0.818 bits per heavy atom. The molecule has 0 aliphatic carbocycles. The number of hydrogen-bond donors (Lipinski definition) is 0. The lowest BCUT2D eigenvalue weighted by atomic mass is 10.1. The average Bonchev–Trinajstić information content (AvgIpc) is 1.38. The molecular weight excluding hydrogens is 1280 g/mol. The molecule has 3 amide bonds. The smallest absolute Gasteiger partial charge is 0.357 e. The van der Waals surface area contributed by atoms with Crippen molar-refractivity contribution in [1.29, 1.82) is 0 Å². The number of furan rings is 3. The summed E-state index contributed by atoms with van der Waals surface area (Å²) in [5.41, 5.74) is 2.88. The highest BCUT2D eigenvalue weighted by Crippen LogP contribution is 2.39. The molecule has 0 N–H and O–H groups in total. The van der Waals surface area contributed by atoms with Gasteiger partial charge in [-0.3, -0.25) is 63.7 Å². The number of aromatic nitrogens is 3. The van der Waals surface area contributed by atoms with E-state index in [4.69, 9.17) is 13.3 Å². The highest BCUT2D eigenvalue weighted by molar-refractivity contribution is 6.00. The Hall–Kier alpha value is -11.8. The first-order valence-corrected chi connectivity index (χ1v) is 32.0. The maximum atomic E-state index is 13.5. The van der Waals surface area contributed by atoms with Crippen LogP contribution in [0.1, 0.15) is 60.3 Å². The Morgan fingerprint density at radius 1 is 0.475 bits per heavy atom. The van der Waals surface area contributed by atoms with Crippen molar-refractivity contribution in [2.75, 3.05) is 114 Å². The Balaban J connectivity index is 0.000000151. The topological polar surface area (TPSA) is 309 Å². The van der Waals surface area contributed by atoms with E-state index >= 15 is 0 Å². The van der Waals surface area contributed by atoms with Crippen LogP contribution in [0, 0.1) is 56.9 Å².